The summed E-state index contributed by atoms with van der Waals surface area (Å²) >= 11 is 0. The number of likely N-dealkylation sites (tertiary alicyclic amines) is 1. The normalized spacial score (nSPS) is 20.0. The standard InChI is InChI=1S/C21H25N3O6/c1-3-29-16-10-9-13(11-17(16)30-4-2)22-21(28)23-18(25)12-24-19(26)14-7-5-6-8-15(14)20(24)27/h5-6,9-11,14-15H,3-4,7-8,12H2,1-2H3,(H2,22,23,25,28)/t14-,15+. The summed E-state index contributed by atoms with van der Waals surface area (Å²) in [5.41, 5.74) is 0.401. The van der Waals surface area contributed by atoms with Crippen molar-refractivity contribution in [3.8, 4) is 11.5 Å². The number of hydrogen-bond donors (Lipinski definition) is 2. The number of rotatable bonds is 7. The van der Waals surface area contributed by atoms with Crippen molar-refractivity contribution in [3.63, 3.8) is 0 Å². The molecule has 9 nitrogen and oxygen atoms in total. The first-order valence-corrected chi connectivity index (χ1v) is 9.95. The highest BCUT2D eigenvalue weighted by Crippen LogP contribution is 2.35. The SMILES string of the molecule is CCOc1ccc(NC(=O)NC(=O)CN2C(=O)[C@H]3CC=CC[C@H]3C2=O)cc1OCC. The molecule has 30 heavy (non-hydrogen) atoms. The molecule has 0 unspecified atom stereocenters. The van der Waals surface area contributed by atoms with E-state index in [1.54, 1.807) is 18.2 Å². The number of ether oxygens (including phenoxy) is 2. The van der Waals surface area contributed by atoms with Crippen LogP contribution < -0.4 is 20.1 Å². The van der Waals surface area contributed by atoms with E-state index >= 15 is 0 Å². The van der Waals surface area contributed by atoms with E-state index in [0.29, 0.717) is 43.2 Å². The van der Waals surface area contributed by atoms with Crippen molar-refractivity contribution in [3.05, 3.63) is 30.4 Å². The van der Waals surface area contributed by atoms with Gasteiger partial charge in [0, 0.05) is 11.8 Å². The number of nitrogens with zero attached hydrogens (tertiary/aromatic N) is 1. The fraction of sp³-hybridized carbons (Fsp3) is 0.429. The maximum absolute atomic E-state index is 12.4. The van der Waals surface area contributed by atoms with Gasteiger partial charge in [0.1, 0.15) is 6.54 Å². The van der Waals surface area contributed by atoms with E-state index in [2.05, 4.69) is 10.6 Å². The highest BCUT2D eigenvalue weighted by molar-refractivity contribution is 6.09. The third kappa shape index (κ3) is 4.61. The van der Waals surface area contributed by atoms with Crippen molar-refractivity contribution < 1.29 is 28.7 Å². The van der Waals surface area contributed by atoms with Gasteiger partial charge in [-0.05, 0) is 38.8 Å². The first-order valence-electron chi connectivity index (χ1n) is 9.95. The van der Waals surface area contributed by atoms with E-state index < -0.39 is 30.3 Å². The van der Waals surface area contributed by atoms with Gasteiger partial charge in [-0.15, -0.1) is 0 Å². The number of allylic oxidation sites excluding steroid dienone is 2. The van der Waals surface area contributed by atoms with Gasteiger partial charge < -0.3 is 14.8 Å². The number of carbonyl (C=O) groups is 4. The van der Waals surface area contributed by atoms with Crippen molar-refractivity contribution in [2.75, 3.05) is 25.1 Å². The lowest BCUT2D eigenvalue weighted by molar-refractivity contribution is -0.143. The number of anilines is 1. The van der Waals surface area contributed by atoms with Crippen LogP contribution in [-0.2, 0) is 14.4 Å². The Hall–Kier alpha value is -3.36. The van der Waals surface area contributed by atoms with E-state index in [-0.39, 0.29) is 11.8 Å². The molecule has 2 N–H and O–H groups in total. The highest BCUT2D eigenvalue weighted by atomic mass is 16.5. The minimum absolute atomic E-state index is 0.363. The van der Waals surface area contributed by atoms with Crippen molar-refractivity contribution in [1.29, 1.82) is 0 Å². The number of urea groups is 1. The van der Waals surface area contributed by atoms with Crippen LogP contribution in [0, 0.1) is 11.8 Å². The number of fused-ring (bicyclic) bond motifs is 1. The lowest BCUT2D eigenvalue weighted by atomic mass is 9.85. The van der Waals surface area contributed by atoms with Gasteiger partial charge in [-0.1, -0.05) is 12.2 Å². The average Bonchev–Trinajstić information content (AvgIpc) is 2.95. The van der Waals surface area contributed by atoms with E-state index in [1.165, 1.54) is 0 Å². The molecule has 0 radical (unpaired) electrons. The molecule has 5 amide bonds. The summed E-state index contributed by atoms with van der Waals surface area (Å²) < 4.78 is 11.0. The van der Waals surface area contributed by atoms with Crippen LogP contribution in [0.2, 0.25) is 0 Å². The zero-order valence-electron chi connectivity index (χ0n) is 17.0. The van der Waals surface area contributed by atoms with Gasteiger partial charge in [0.05, 0.1) is 25.0 Å². The summed E-state index contributed by atoms with van der Waals surface area (Å²) in [6.07, 6.45) is 4.73. The first kappa shape index (κ1) is 21.4. The van der Waals surface area contributed by atoms with Gasteiger partial charge in [-0.2, -0.15) is 0 Å². The third-order valence-electron chi connectivity index (χ3n) is 4.95. The number of carbonyl (C=O) groups excluding carboxylic acids is 4. The highest BCUT2D eigenvalue weighted by Gasteiger charge is 2.47. The van der Waals surface area contributed by atoms with Crippen molar-refractivity contribution in [2.45, 2.75) is 26.7 Å². The van der Waals surface area contributed by atoms with E-state index in [1.807, 2.05) is 26.0 Å². The number of benzene rings is 1. The van der Waals surface area contributed by atoms with Crippen LogP contribution in [-0.4, -0.2) is 48.4 Å². The molecule has 1 heterocycles. The maximum atomic E-state index is 12.4. The summed E-state index contributed by atoms with van der Waals surface area (Å²) in [7, 11) is 0. The molecular weight excluding hydrogens is 390 g/mol. The number of amides is 5. The fourth-order valence-electron chi connectivity index (χ4n) is 3.63. The second-order valence-electron chi connectivity index (χ2n) is 6.95. The molecular formula is C21H25N3O6. The first-order chi connectivity index (χ1) is 14.4. The lowest BCUT2D eigenvalue weighted by Crippen LogP contribution is -2.44. The molecule has 3 rings (SSSR count). The Morgan fingerprint density at radius 1 is 1.00 bits per heavy atom. The summed E-state index contributed by atoms with van der Waals surface area (Å²) in [4.78, 5) is 50.2. The Labute approximate surface area is 174 Å². The van der Waals surface area contributed by atoms with Crippen molar-refractivity contribution >= 4 is 29.4 Å². The topological polar surface area (TPSA) is 114 Å². The quantitative estimate of drug-likeness (QED) is 0.521. The Balaban J connectivity index is 1.57. The van der Waals surface area contributed by atoms with Crippen LogP contribution in [0.4, 0.5) is 10.5 Å². The van der Waals surface area contributed by atoms with Crippen LogP contribution in [0.25, 0.3) is 0 Å². The Morgan fingerprint density at radius 3 is 2.20 bits per heavy atom. The molecule has 1 aliphatic carbocycles. The minimum Gasteiger partial charge on any atom is -0.490 e. The molecule has 2 atom stereocenters. The summed E-state index contributed by atoms with van der Waals surface area (Å²) in [6, 6.07) is 4.08. The molecule has 0 saturated carbocycles. The Morgan fingerprint density at radius 2 is 1.60 bits per heavy atom. The molecule has 9 heteroatoms. The van der Waals surface area contributed by atoms with Crippen LogP contribution in [0.3, 0.4) is 0 Å². The van der Waals surface area contributed by atoms with Crippen LogP contribution in [0.15, 0.2) is 30.4 Å². The predicted molar refractivity (Wildman–Crippen MR) is 108 cm³/mol. The van der Waals surface area contributed by atoms with Gasteiger partial charge in [0.2, 0.25) is 17.7 Å². The van der Waals surface area contributed by atoms with E-state index in [0.717, 1.165) is 4.90 Å². The summed E-state index contributed by atoms with van der Waals surface area (Å²) in [5.74, 6) is -1.28. The van der Waals surface area contributed by atoms with Gasteiger partial charge >= 0.3 is 6.03 Å². The molecule has 1 saturated heterocycles. The zero-order chi connectivity index (χ0) is 21.7. The molecule has 0 aromatic heterocycles. The molecule has 1 aromatic carbocycles. The largest absolute Gasteiger partial charge is 0.490 e. The molecule has 0 bridgehead atoms. The molecule has 160 valence electrons. The maximum Gasteiger partial charge on any atom is 0.325 e. The molecule has 2 aliphatic rings. The van der Waals surface area contributed by atoms with Gasteiger partial charge in [0.15, 0.2) is 11.5 Å². The molecule has 1 aliphatic heterocycles. The van der Waals surface area contributed by atoms with E-state index in [9.17, 15) is 19.2 Å². The second-order valence-corrected chi connectivity index (χ2v) is 6.95. The molecule has 1 aromatic rings. The van der Waals surface area contributed by atoms with Crippen LogP contribution in [0.1, 0.15) is 26.7 Å². The Bertz CT molecular complexity index is 855. The van der Waals surface area contributed by atoms with Crippen molar-refractivity contribution in [2.24, 2.45) is 11.8 Å². The van der Waals surface area contributed by atoms with E-state index in [4.69, 9.17) is 9.47 Å². The second kappa shape index (κ2) is 9.43. The van der Waals surface area contributed by atoms with Crippen LogP contribution in [0.5, 0.6) is 11.5 Å². The number of nitrogens with one attached hydrogen (secondary N) is 2. The van der Waals surface area contributed by atoms with Gasteiger partial charge in [-0.3, -0.25) is 24.6 Å². The lowest BCUT2D eigenvalue weighted by Gasteiger charge is -2.15. The minimum atomic E-state index is -0.773. The van der Waals surface area contributed by atoms with Crippen molar-refractivity contribution in [1.82, 2.24) is 10.2 Å². The van der Waals surface area contributed by atoms with Crippen LogP contribution >= 0.6 is 0 Å². The Kier molecular flexibility index (Phi) is 6.71. The number of imide groups is 2. The number of hydrogen-bond acceptors (Lipinski definition) is 6. The van der Waals surface area contributed by atoms with Gasteiger partial charge in [-0.25, -0.2) is 4.79 Å². The smallest absolute Gasteiger partial charge is 0.325 e. The zero-order valence-corrected chi connectivity index (χ0v) is 17.0. The monoisotopic (exact) mass is 415 g/mol. The summed E-state index contributed by atoms with van der Waals surface area (Å²) in [5, 5.41) is 4.68. The predicted octanol–water partition coefficient (Wildman–Crippen LogP) is 2.08. The summed E-state index contributed by atoms with van der Waals surface area (Å²) in [6.45, 7) is 4.08. The average molecular weight is 415 g/mol. The van der Waals surface area contributed by atoms with Gasteiger partial charge in [0.25, 0.3) is 0 Å². The third-order valence-corrected chi connectivity index (χ3v) is 4.95. The molecule has 0 spiro atoms. The molecule has 1 fully saturated rings. The fourth-order valence-corrected chi connectivity index (χ4v) is 3.63.